The van der Waals surface area contributed by atoms with E-state index >= 15 is 0 Å². The molecule has 0 radical (unpaired) electrons. The van der Waals surface area contributed by atoms with Gasteiger partial charge in [0.2, 0.25) is 5.91 Å². The molecule has 1 atom stereocenters. The molecule has 1 unspecified atom stereocenters. The first-order valence-electron chi connectivity index (χ1n) is 9.88. The summed E-state index contributed by atoms with van der Waals surface area (Å²) < 4.78 is 5.74. The van der Waals surface area contributed by atoms with Gasteiger partial charge in [-0.05, 0) is 76.0 Å². The lowest BCUT2D eigenvalue weighted by molar-refractivity contribution is -0.122. The number of rotatable bonds is 10. The SMILES string of the molecule is CC(CC(=O)NCc1ccc(OCCCN(C)C)cc1)C1CCNCC1. The molecule has 1 aromatic rings. The molecule has 0 bridgehead atoms. The van der Waals surface area contributed by atoms with Gasteiger partial charge >= 0.3 is 0 Å². The minimum atomic E-state index is 0.153. The Morgan fingerprint density at radius 3 is 2.62 bits per heavy atom. The molecule has 1 aliphatic heterocycles. The predicted molar refractivity (Wildman–Crippen MR) is 106 cm³/mol. The zero-order valence-corrected chi connectivity index (χ0v) is 16.6. The second kappa shape index (κ2) is 11.2. The van der Waals surface area contributed by atoms with Gasteiger partial charge < -0.3 is 20.3 Å². The van der Waals surface area contributed by atoms with Crippen LogP contribution in [0.2, 0.25) is 0 Å². The Morgan fingerprint density at radius 2 is 1.96 bits per heavy atom. The summed E-state index contributed by atoms with van der Waals surface area (Å²) in [4.78, 5) is 14.4. The summed E-state index contributed by atoms with van der Waals surface area (Å²) in [5.41, 5.74) is 1.11. The molecule has 0 saturated carbocycles. The van der Waals surface area contributed by atoms with Crippen LogP contribution in [-0.4, -0.2) is 51.1 Å². The summed E-state index contributed by atoms with van der Waals surface area (Å²) in [5, 5.41) is 6.43. The van der Waals surface area contributed by atoms with Crippen molar-refractivity contribution >= 4 is 5.91 Å². The van der Waals surface area contributed by atoms with Crippen LogP contribution < -0.4 is 15.4 Å². The molecule has 5 heteroatoms. The Bertz CT molecular complexity index is 525. The Kier molecular flexibility index (Phi) is 8.92. The Morgan fingerprint density at radius 1 is 1.27 bits per heavy atom. The number of ether oxygens (including phenoxy) is 1. The standard InChI is InChI=1S/C21H35N3O2/c1-17(19-9-11-22-12-10-19)15-21(25)23-16-18-5-7-20(8-6-18)26-14-4-13-24(2)3/h5-8,17,19,22H,4,9-16H2,1-3H3,(H,23,25). The van der Waals surface area contributed by atoms with E-state index < -0.39 is 0 Å². The van der Waals surface area contributed by atoms with Crippen molar-refractivity contribution in [3.63, 3.8) is 0 Å². The maximum absolute atomic E-state index is 12.2. The van der Waals surface area contributed by atoms with E-state index in [-0.39, 0.29) is 5.91 Å². The first kappa shape index (κ1) is 20.7. The number of carbonyl (C=O) groups is 1. The van der Waals surface area contributed by atoms with E-state index in [0.29, 0.717) is 24.8 Å². The van der Waals surface area contributed by atoms with Gasteiger partial charge in [0.15, 0.2) is 0 Å². The molecule has 0 aliphatic carbocycles. The second-order valence-electron chi connectivity index (χ2n) is 7.69. The van der Waals surface area contributed by atoms with Gasteiger partial charge in [-0.1, -0.05) is 19.1 Å². The van der Waals surface area contributed by atoms with Gasteiger partial charge in [-0.3, -0.25) is 4.79 Å². The van der Waals surface area contributed by atoms with E-state index in [9.17, 15) is 4.79 Å². The third-order valence-corrected chi connectivity index (χ3v) is 5.13. The van der Waals surface area contributed by atoms with Crippen molar-refractivity contribution in [2.75, 3.05) is 40.3 Å². The predicted octanol–water partition coefficient (Wildman–Crippen LogP) is 2.66. The lowest BCUT2D eigenvalue weighted by Gasteiger charge is -2.27. The fraction of sp³-hybridized carbons (Fsp3) is 0.667. The summed E-state index contributed by atoms with van der Waals surface area (Å²) in [6.07, 6.45) is 4.01. The van der Waals surface area contributed by atoms with Gasteiger partial charge in [0.05, 0.1) is 6.61 Å². The number of amides is 1. The minimum absolute atomic E-state index is 0.153. The molecule has 1 amide bonds. The maximum atomic E-state index is 12.2. The zero-order chi connectivity index (χ0) is 18.8. The summed E-state index contributed by atoms with van der Waals surface area (Å²) in [7, 11) is 4.13. The van der Waals surface area contributed by atoms with Gasteiger partial charge in [-0.2, -0.15) is 0 Å². The van der Waals surface area contributed by atoms with E-state index in [1.54, 1.807) is 0 Å². The molecule has 1 aliphatic rings. The van der Waals surface area contributed by atoms with Crippen LogP contribution in [0.4, 0.5) is 0 Å². The van der Waals surface area contributed by atoms with E-state index in [1.807, 2.05) is 24.3 Å². The van der Waals surface area contributed by atoms with E-state index in [0.717, 1.165) is 44.0 Å². The number of benzene rings is 1. The summed E-state index contributed by atoms with van der Waals surface area (Å²) in [5.74, 6) is 2.17. The molecule has 146 valence electrons. The van der Waals surface area contributed by atoms with Crippen LogP contribution in [-0.2, 0) is 11.3 Å². The first-order valence-corrected chi connectivity index (χ1v) is 9.88. The van der Waals surface area contributed by atoms with E-state index in [2.05, 4.69) is 36.6 Å². The van der Waals surface area contributed by atoms with Gasteiger partial charge in [0, 0.05) is 19.5 Å². The smallest absolute Gasteiger partial charge is 0.220 e. The third kappa shape index (κ3) is 7.75. The van der Waals surface area contributed by atoms with Crippen LogP contribution in [0.3, 0.4) is 0 Å². The summed E-state index contributed by atoms with van der Waals surface area (Å²) >= 11 is 0. The summed E-state index contributed by atoms with van der Waals surface area (Å²) in [6, 6.07) is 8.01. The number of nitrogens with one attached hydrogen (secondary N) is 2. The Labute approximate surface area is 158 Å². The molecule has 1 aromatic carbocycles. The highest BCUT2D eigenvalue weighted by Gasteiger charge is 2.21. The summed E-state index contributed by atoms with van der Waals surface area (Å²) in [6.45, 7) is 6.71. The third-order valence-electron chi connectivity index (χ3n) is 5.13. The number of carbonyl (C=O) groups excluding carboxylic acids is 1. The highest BCUT2D eigenvalue weighted by atomic mass is 16.5. The molecule has 1 fully saturated rings. The molecule has 2 rings (SSSR count). The fourth-order valence-corrected chi connectivity index (χ4v) is 3.42. The molecular formula is C21H35N3O2. The van der Waals surface area contributed by atoms with Crippen LogP contribution in [0.25, 0.3) is 0 Å². The van der Waals surface area contributed by atoms with Crippen LogP contribution in [0.5, 0.6) is 5.75 Å². The fourth-order valence-electron chi connectivity index (χ4n) is 3.42. The topological polar surface area (TPSA) is 53.6 Å². The van der Waals surface area contributed by atoms with Gasteiger partial charge in [0.25, 0.3) is 0 Å². The van der Waals surface area contributed by atoms with Crippen LogP contribution in [0.15, 0.2) is 24.3 Å². The van der Waals surface area contributed by atoms with Crippen molar-refractivity contribution in [1.82, 2.24) is 15.5 Å². The van der Waals surface area contributed by atoms with E-state index in [4.69, 9.17) is 4.74 Å². The molecule has 26 heavy (non-hydrogen) atoms. The Hall–Kier alpha value is -1.59. The monoisotopic (exact) mass is 361 g/mol. The molecule has 0 aromatic heterocycles. The number of hydrogen-bond acceptors (Lipinski definition) is 4. The van der Waals surface area contributed by atoms with Crippen molar-refractivity contribution in [2.45, 2.75) is 39.2 Å². The molecule has 5 nitrogen and oxygen atoms in total. The average Bonchev–Trinajstić information content (AvgIpc) is 2.65. The number of nitrogens with zero attached hydrogens (tertiary/aromatic N) is 1. The minimum Gasteiger partial charge on any atom is -0.494 e. The van der Waals surface area contributed by atoms with Crippen molar-refractivity contribution in [1.29, 1.82) is 0 Å². The first-order chi connectivity index (χ1) is 12.5. The second-order valence-corrected chi connectivity index (χ2v) is 7.69. The Balaban J connectivity index is 1.65. The van der Waals surface area contributed by atoms with E-state index in [1.165, 1.54) is 12.8 Å². The lowest BCUT2D eigenvalue weighted by Crippen LogP contribution is -2.33. The van der Waals surface area contributed by atoms with Gasteiger partial charge in [-0.25, -0.2) is 0 Å². The highest BCUT2D eigenvalue weighted by Crippen LogP contribution is 2.24. The quantitative estimate of drug-likeness (QED) is 0.629. The number of hydrogen-bond donors (Lipinski definition) is 2. The normalized spacial score (nSPS) is 16.5. The number of piperidine rings is 1. The zero-order valence-electron chi connectivity index (χ0n) is 16.6. The average molecular weight is 362 g/mol. The van der Waals surface area contributed by atoms with Crippen LogP contribution in [0, 0.1) is 11.8 Å². The molecule has 1 saturated heterocycles. The largest absolute Gasteiger partial charge is 0.494 e. The molecule has 1 heterocycles. The van der Waals surface area contributed by atoms with Crippen molar-refractivity contribution < 1.29 is 9.53 Å². The molecule has 2 N–H and O–H groups in total. The van der Waals surface area contributed by atoms with Crippen LogP contribution >= 0.6 is 0 Å². The maximum Gasteiger partial charge on any atom is 0.220 e. The van der Waals surface area contributed by atoms with Crippen LogP contribution in [0.1, 0.15) is 38.2 Å². The highest BCUT2D eigenvalue weighted by molar-refractivity contribution is 5.76. The van der Waals surface area contributed by atoms with Gasteiger partial charge in [-0.15, -0.1) is 0 Å². The molecular weight excluding hydrogens is 326 g/mol. The van der Waals surface area contributed by atoms with Crippen molar-refractivity contribution in [3.8, 4) is 5.75 Å². The van der Waals surface area contributed by atoms with Gasteiger partial charge in [0.1, 0.15) is 5.75 Å². The lowest BCUT2D eigenvalue weighted by atomic mass is 9.84. The van der Waals surface area contributed by atoms with Crippen molar-refractivity contribution in [3.05, 3.63) is 29.8 Å². The van der Waals surface area contributed by atoms with Crippen molar-refractivity contribution in [2.24, 2.45) is 11.8 Å². The molecule has 0 spiro atoms.